The van der Waals surface area contributed by atoms with Crippen molar-refractivity contribution in [2.45, 2.75) is 32.7 Å². The maximum Gasteiger partial charge on any atom is 0.0587 e. The number of hydrogen-bond donors (Lipinski definition) is 2. The molecule has 4 heteroatoms. The highest BCUT2D eigenvalue weighted by atomic mass is 16.4. The molecule has 0 bridgehead atoms. The van der Waals surface area contributed by atoms with Gasteiger partial charge < -0.3 is 20.2 Å². The van der Waals surface area contributed by atoms with Crippen LogP contribution in [0, 0.1) is 0 Å². The molecule has 1 aromatic heterocycles. The Labute approximate surface area is 124 Å². The minimum Gasteiger partial charge on any atom is -0.548 e. The SMILES string of the molecule is CN[C@@H](Cc1c[nH]c2cccc(CC=C(C)C)c12)C(=O)[O-]. The van der Waals surface area contributed by atoms with Crippen LogP contribution in [-0.2, 0) is 17.6 Å². The quantitative estimate of drug-likeness (QED) is 0.791. The normalized spacial score (nSPS) is 12.3. The minimum absolute atomic E-state index is 0.407. The number of aromatic nitrogens is 1. The zero-order valence-corrected chi connectivity index (χ0v) is 12.7. The van der Waals surface area contributed by atoms with Crippen molar-refractivity contribution in [2.24, 2.45) is 0 Å². The molecule has 112 valence electrons. The predicted molar refractivity (Wildman–Crippen MR) is 83.0 cm³/mol. The van der Waals surface area contributed by atoms with Crippen LogP contribution in [0.1, 0.15) is 25.0 Å². The number of carboxylic acid groups (broad SMARTS) is 1. The molecule has 0 aliphatic carbocycles. The van der Waals surface area contributed by atoms with E-state index in [1.807, 2.05) is 18.3 Å². The summed E-state index contributed by atoms with van der Waals surface area (Å²) in [5.41, 5.74) is 4.52. The Morgan fingerprint density at radius 1 is 1.38 bits per heavy atom. The van der Waals surface area contributed by atoms with Crippen LogP contribution in [0.4, 0.5) is 0 Å². The van der Waals surface area contributed by atoms with E-state index in [4.69, 9.17) is 0 Å². The maximum absolute atomic E-state index is 11.1. The van der Waals surface area contributed by atoms with Crippen molar-refractivity contribution in [1.29, 1.82) is 0 Å². The molecule has 0 saturated heterocycles. The molecule has 0 fully saturated rings. The van der Waals surface area contributed by atoms with Gasteiger partial charge in [0.2, 0.25) is 0 Å². The smallest absolute Gasteiger partial charge is 0.0587 e. The highest BCUT2D eigenvalue weighted by Gasteiger charge is 2.13. The van der Waals surface area contributed by atoms with Gasteiger partial charge in [0.05, 0.1) is 12.0 Å². The van der Waals surface area contributed by atoms with Crippen molar-refractivity contribution in [3.8, 4) is 0 Å². The number of aromatic amines is 1. The van der Waals surface area contributed by atoms with Gasteiger partial charge in [-0.05, 0) is 50.9 Å². The van der Waals surface area contributed by atoms with Crippen LogP contribution >= 0.6 is 0 Å². The number of hydrogen-bond acceptors (Lipinski definition) is 3. The zero-order valence-electron chi connectivity index (χ0n) is 12.7. The van der Waals surface area contributed by atoms with Crippen LogP contribution in [-0.4, -0.2) is 24.0 Å². The monoisotopic (exact) mass is 285 g/mol. The van der Waals surface area contributed by atoms with E-state index in [1.165, 1.54) is 11.1 Å². The molecule has 0 unspecified atom stereocenters. The second-order valence-electron chi connectivity index (χ2n) is 5.50. The summed E-state index contributed by atoms with van der Waals surface area (Å²) in [5, 5.41) is 15.0. The van der Waals surface area contributed by atoms with E-state index in [2.05, 4.69) is 36.3 Å². The molecule has 2 N–H and O–H groups in total. The summed E-state index contributed by atoms with van der Waals surface area (Å²) in [4.78, 5) is 14.3. The molecule has 21 heavy (non-hydrogen) atoms. The van der Waals surface area contributed by atoms with E-state index in [0.29, 0.717) is 6.42 Å². The Kier molecular flexibility index (Phi) is 4.81. The third-order valence-electron chi connectivity index (χ3n) is 3.66. The van der Waals surface area contributed by atoms with Crippen molar-refractivity contribution in [3.63, 3.8) is 0 Å². The van der Waals surface area contributed by atoms with Crippen LogP contribution in [0.2, 0.25) is 0 Å². The number of benzene rings is 1. The van der Waals surface area contributed by atoms with Crippen LogP contribution in [0.5, 0.6) is 0 Å². The molecule has 1 heterocycles. The molecule has 0 aliphatic heterocycles. The number of carbonyl (C=O) groups is 1. The first-order chi connectivity index (χ1) is 10.0. The molecule has 0 spiro atoms. The van der Waals surface area contributed by atoms with Gasteiger partial charge in [0.1, 0.15) is 0 Å². The maximum atomic E-state index is 11.1. The van der Waals surface area contributed by atoms with E-state index < -0.39 is 12.0 Å². The number of nitrogens with one attached hydrogen (secondary N) is 2. The Balaban J connectivity index is 2.40. The molecule has 0 saturated carbocycles. The van der Waals surface area contributed by atoms with E-state index in [0.717, 1.165) is 22.9 Å². The number of carboxylic acids is 1. The Morgan fingerprint density at radius 2 is 2.14 bits per heavy atom. The van der Waals surface area contributed by atoms with Gasteiger partial charge in [-0.25, -0.2) is 0 Å². The first-order valence-corrected chi connectivity index (χ1v) is 7.12. The lowest BCUT2D eigenvalue weighted by atomic mass is 9.99. The molecule has 1 aromatic carbocycles. The summed E-state index contributed by atoms with van der Waals surface area (Å²) in [6, 6.07) is 5.44. The zero-order chi connectivity index (χ0) is 15.4. The second-order valence-corrected chi connectivity index (χ2v) is 5.50. The molecule has 0 amide bonds. The van der Waals surface area contributed by atoms with Gasteiger partial charge in [-0.3, -0.25) is 0 Å². The molecular formula is C17H21N2O2-. The average Bonchev–Trinajstić information content (AvgIpc) is 2.85. The number of allylic oxidation sites excluding steroid dienone is 2. The fourth-order valence-electron chi connectivity index (χ4n) is 2.50. The lowest BCUT2D eigenvalue weighted by Crippen LogP contribution is -2.45. The molecular weight excluding hydrogens is 264 g/mol. The van der Waals surface area contributed by atoms with Crippen LogP contribution in [0.3, 0.4) is 0 Å². The van der Waals surface area contributed by atoms with Crippen LogP contribution < -0.4 is 10.4 Å². The predicted octanol–water partition coefficient (Wildman–Crippen LogP) is 1.56. The standard InChI is InChI=1S/C17H22N2O2/c1-11(2)7-8-12-5-4-6-14-16(12)13(10-19-14)9-15(18-3)17(20)21/h4-7,10,15,18-19H,8-9H2,1-3H3,(H,20,21)/p-1/t15-/m0/s1. The highest BCUT2D eigenvalue weighted by molar-refractivity contribution is 5.87. The summed E-state index contributed by atoms with van der Waals surface area (Å²) in [6.45, 7) is 4.15. The van der Waals surface area contributed by atoms with Crippen molar-refractivity contribution in [1.82, 2.24) is 10.3 Å². The van der Waals surface area contributed by atoms with Gasteiger partial charge >= 0.3 is 0 Å². The largest absolute Gasteiger partial charge is 0.548 e. The van der Waals surface area contributed by atoms with Gasteiger partial charge in [0.15, 0.2) is 0 Å². The summed E-state index contributed by atoms with van der Waals surface area (Å²) in [5.74, 6) is -1.08. The molecule has 1 atom stereocenters. The van der Waals surface area contributed by atoms with E-state index >= 15 is 0 Å². The van der Waals surface area contributed by atoms with Crippen molar-refractivity contribution >= 4 is 16.9 Å². The van der Waals surface area contributed by atoms with Gasteiger partial charge in [-0.1, -0.05) is 23.8 Å². The third-order valence-corrected chi connectivity index (χ3v) is 3.66. The second kappa shape index (κ2) is 6.59. The van der Waals surface area contributed by atoms with E-state index in [9.17, 15) is 9.90 Å². The lowest BCUT2D eigenvalue weighted by Gasteiger charge is -2.17. The molecule has 0 radical (unpaired) electrons. The number of fused-ring (bicyclic) bond motifs is 1. The average molecular weight is 285 g/mol. The summed E-state index contributed by atoms with van der Waals surface area (Å²) in [6.07, 6.45) is 5.33. The lowest BCUT2D eigenvalue weighted by molar-refractivity contribution is -0.308. The fourth-order valence-corrected chi connectivity index (χ4v) is 2.50. The number of likely N-dealkylation sites (N-methyl/N-ethyl adjacent to an activating group) is 1. The van der Waals surface area contributed by atoms with Gasteiger partial charge in [-0.2, -0.15) is 0 Å². The van der Waals surface area contributed by atoms with Crippen LogP contribution in [0.15, 0.2) is 36.0 Å². The van der Waals surface area contributed by atoms with Crippen LogP contribution in [0.25, 0.3) is 10.9 Å². The molecule has 2 rings (SSSR count). The Morgan fingerprint density at radius 3 is 2.76 bits per heavy atom. The van der Waals surface area contributed by atoms with Gasteiger partial charge in [0, 0.05) is 17.1 Å². The number of aliphatic carboxylic acids is 1. The fraction of sp³-hybridized carbons (Fsp3) is 0.353. The first-order valence-electron chi connectivity index (χ1n) is 7.12. The van der Waals surface area contributed by atoms with Crippen molar-refractivity contribution < 1.29 is 9.90 Å². The minimum atomic E-state index is -1.08. The third kappa shape index (κ3) is 3.52. The van der Waals surface area contributed by atoms with Gasteiger partial charge in [0.25, 0.3) is 0 Å². The number of carbonyl (C=O) groups excluding carboxylic acids is 1. The Hall–Kier alpha value is -2.07. The number of rotatable bonds is 6. The van der Waals surface area contributed by atoms with E-state index in [1.54, 1.807) is 7.05 Å². The summed E-state index contributed by atoms with van der Waals surface area (Å²) >= 11 is 0. The summed E-state index contributed by atoms with van der Waals surface area (Å²) in [7, 11) is 1.64. The molecule has 2 aromatic rings. The van der Waals surface area contributed by atoms with E-state index in [-0.39, 0.29) is 0 Å². The Bertz CT molecular complexity index is 666. The first kappa shape index (κ1) is 15.3. The summed E-state index contributed by atoms with van der Waals surface area (Å²) < 4.78 is 0. The molecule has 4 nitrogen and oxygen atoms in total. The molecule has 0 aliphatic rings. The highest BCUT2D eigenvalue weighted by Crippen LogP contribution is 2.24. The topological polar surface area (TPSA) is 68.0 Å². The van der Waals surface area contributed by atoms with Crippen molar-refractivity contribution in [2.75, 3.05) is 7.05 Å². The van der Waals surface area contributed by atoms with Crippen molar-refractivity contribution in [3.05, 3.63) is 47.2 Å². The number of H-pyrrole nitrogens is 1. The van der Waals surface area contributed by atoms with Gasteiger partial charge in [-0.15, -0.1) is 0 Å².